The van der Waals surface area contributed by atoms with Crippen LogP contribution >= 0.6 is 11.3 Å². The highest BCUT2D eigenvalue weighted by atomic mass is 32.1. The summed E-state index contributed by atoms with van der Waals surface area (Å²) >= 11 is 1.42. The molecule has 0 aliphatic carbocycles. The van der Waals surface area contributed by atoms with E-state index in [-0.39, 0.29) is 11.3 Å². The number of carbonyl (C=O) groups excluding carboxylic acids is 1. The molecule has 0 bridgehead atoms. The maximum absolute atomic E-state index is 12.7. The summed E-state index contributed by atoms with van der Waals surface area (Å²) in [6.07, 6.45) is 1.65. The predicted octanol–water partition coefficient (Wildman–Crippen LogP) is 1.92. The molecule has 0 saturated carbocycles. The van der Waals surface area contributed by atoms with Gasteiger partial charge in [0, 0.05) is 17.1 Å². The van der Waals surface area contributed by atoms with Gasteiger partial charge in [0.15, 0.2) is 0 Å². The first-order valence-electron chi connectivity index (χ1n) is 4.81. The molecule has 0 aliphatic heterocycles. The van der Waals surface area contributed by atoms with Gasteiger partial charge in [0.25, 0.3) is 5.91 Å². The van der Waals surface area contributed by atoms with Crippen LogP contribution in [-0.2, 0) is 6.54 Å². The zero-order chi connectivity index (χ0) is 12.3. The molecule has 2 rings (SSSR count). The quantitative estimate of drug-likeness (QED) is 0.877. The van der Waals surface area contributed by atoms with Crippen LogP contribution in [0.2, 0.25) is 0 Å². The molecule has 0 saturated heterocycles. The summed E-state index contributed by atoms with van der Waals surface area (Å²) in [6, 6.07) is 3.27. The van der Waals surface area contributed by atoms with Crippen LogP contribution in [0.1, 0.15) is 15.2 Å². The van der Waals surface area contributed by atoms with Gasteiger partial charge in [-0.2, -0.15) is 0 Å². The Kier molecular flexibility index (Phi) is 3.34. The van der Waals surface area contributed by atoms with Crippen LogP contribution in [0.5, 0.6) is 5.75 Å². The SMILES string of the molecule is O=C(NCc1cncs1)c1ccc(F)cc1O. The van der Waals surface area contributed by atoms with Crippen molar-refractivity contribution >= 4 is 17.2 Å². The maximum atomic E-state index is 12.7. The Morgan fingerprint density at radius 2 is 2.35 bits per heavy atom. The number of phenolic OH excluding ortho intramolecular Hbond substituents is 1. The number of hydrogen-bond donors (Lipinski definition) is 2. The Hall–Kier alpha value is -1.95. The Morgan fingerprint density at radius 1 is 1.53 bits per heavy atom. The molecule has 2 N–H and O–H groups in total. The van der Waals surface area contributed by atoms with E-state index in [9.17, 15) is 14.3 Å². The standard InChI is InChI=1S/C11H9FN2O2S/c12-7-1-2-9(10(15)3-7)11(16)14-5-8-4-13-6-17-8/h1-4,6,15H,5H2,(H,14,16). The zero-order valence-electron chi connectivity index (χ0n) is 8.68. The second-order valence-corrected chi connectivity index (χ2v) is 4.28. The van der Waals surface area contributed by atoms with E-state index in [4.69, 9.17) is 0 Å². The average molecular weight is 252 g/mol. The number of nitrogens with one attached hydrogen (secondary N) is 1. The van der Waals surface area contributed by atoms with Gasteiger partial charge < -0.3 is 10.4 Å². The van der Waals surface area contributed by atoms with E-state index in [1.54, 1.807) is 11.7 Å². The van der Waals surface area contributed by atoms with Gasteiger partial charge in [-0.1, -0.05) is 0 Å². The molecule has 2 aromatic rings. The fraction of sp³-hybridized carbons (Fsp3) is 0.0909. The van der Waals surface area contributed by atoms with E-state index in [2.05, 4.69) is 10.3 Å². The van der Waals surface area contributed by atoms with Gasteiger partial charge in [-0.15, -0.1) is 11.3 Å². The zero-order valence-corrected chi connectivity index (χ0v) is 9.50. The smallest absolute Gasteiger partial charge is 0.255 e. The lowest BCUT2D eigenvalue weighted by Gasteiger charge is -2.05. The van der Waals surface area contributed by atoms with Gasteiger partial charge in [0.05, 0.1) is 17.6 Å². The molecule has 0 aliphatic rings. The van der Waals surface area contributed by atoms with Crippen LogP contribution in [0.4, 0.5) is 4.39 Å². The van der Waals surface area contributed by atoms with Crippen molar-refractivity contribution in [3.05, 3.63) is 46.2 Å². The summed E-state index contributed by atoms with van der Waals surface area (Å²) in [4.78, 5) is 16.4. The summed E-state index contributed by atoms with van der Waals surface area (Å²) in [5.41, 5.74) is 1.72. The highest BCUT2D eigenvalue weighted by Gasteiger charge is 2.11. The number of rotatable bonds is 3. The lowest BCUT2D eigenvalue weighted by Crippen LogP contribution is -2.22. The number of aromatic hydroxyl groups is 1. The lowest BCUT2D eigenvalue weighted by molar-refractivity contribution is 0.0948. The highest BCUT2D eigenvalue weighted by Crippen LogP contribution is 2.18. The first-order chi connectivity index (χ1) is 8.16. The molecule has 1 amide bonds. The van der Waals surface area contributed by atoms with Crippen LogP contribution in [0.25, 0.3) is 0 Å². The van der Waals surface area contributed by atoms with Crippen molar-refractivity contribution in [1.29, 1.82) is 0 Å². The molecule has 6 heteroatoms. The molecule has 0 spiro atoms. The molecule has 4 nitrogen and oxygen atoms in total. The fourth-order valence-electron chi connectivity index (χ4n) is 1.29. The predicted molar refractivity (Wildman–Crippen MR) is 61.3 cm³/mol. The summed E-state index contributed by atoms with van der Waals surface area (Å²) in [7, 11) is 0. The number of thiazole rings is 1. The summed E-state index contributed by atoms with van der Waals surface area (Å²) in [6.45, 7) is 0.334. The molecule has 17 heavy (non-hydrogen) atoms. The summed E-state index contributed by atoms with van der Waals surface area (Å²) in [5.74, 6) is -1.40. The largest absolute Gasteiger partial charge is 0.507 e. The van der Waals surface area contributed by atoms with E-state index >= 15 is 0 Å². The Bertz CT molecular complexity index is 528. The van der Waals surface area contributed by atoms with Crippen LogP contribution in [0.3, 0.4) is 0 Å². The first kappa shape index (κ1) is 11.5. The molecular formula is C11H9FN2O2S. The molecule has 1 aromatic heterocycles. The van der Waals surface area contributed by atoms with E-state index in [0.29, 0.717) is 6.54 Å². The van der Waals surface area contributed by atoms with Crippen LogP contribution in [-0.4, -0.2) is 16.0 Å². The lowest BCUT2D eigenvalue weighted by atomic mass is 10.2. The Morgan fingerprint density at radius 3 is 3.00 bits per heavy atom. The minimum Gasteiger partial charge on any atom is -0.507 e. The number of benzene rings is 1. The Balaban J connectivity index is 2.04. The topological polar surface area (TPSA) is 62.2 Å². The second kappa shape index (κ2) is 4.92. The average Bonchev–Trinajstić information content (AvgIpc) is 2.78. The minimum absolute atomic E-state index is 0.0518. The summed E-state index contributed by atoms with van der Waals surface area (Å²) < 4.78 is 12.7. The van der Waals surface area contributed by atoms with E-state index in [1.165, 1.54) is 17.4 Å². The van der Waals surface area contributed by atoms with Crippen molar-refractivity contribution < 1.29 is 14.3 Å². The fourth-order valence-corrected chi connectivity index (χ4v) is 1.82. The van der Waals surface area contributed by atoms with Crippen molar-refractivity contribution in [2.75, 3.05) is 0 Å². The molecular weight excluding hydrogens is 243 g/mol. The first-order valence-corrected chi connectivity index (χ1v) is 5.69. The number of aromatic nitrogens is 1. The number of hydrogen-bond acceptors (Lipinski definition) is 4. The third-order valence-corrected chi connectivity index (χ3v) is 2.89. The van der Waals surface area contributed by atoms with E-state index in [0.717, 1.165) is 17.0 Å². The minimum atomic E-state index is -0.582. The van der Waals surface area contributed by atoms with Crippen molar-refractivity contribution in [3.8, 4) is 5.75 Å². The molecule has 88 valence electrons. The molecule has 0 radical (unpaired) electrons. The normalized spacial score (nSPS) is 10.2. The molecule has 1 heterocycles. The third kappa shape index (κ3) is 2.79. The van der Waals surface area contributed by atoms with Crippen molar-refractivity contribution in [2.24, 2.45) is 0 Å². The van der Waals surface area contributed by atoms with Gasteiger partial charge in [-0.3, -0.25) is 9.78 Å². The van der Waals surface area contributed by atoms with E-state index < -0.39 is 11.7 Å². The van der Waals surface area contributed by atoms with E-state index in [1.807, 2.05) is 0 Å². The van der Waals surface area contributed by atoms with Crippen molar-refractivity contribution in [2.45, 2.75) is 6.54 Å². The Labute approximate surface area is 101 Å². The van der Waals surface area contributed by atoms with Gasteiger partial charge in [-0.25, -0.2) is 4.39 Å². The van der Waals surface area contributed by atoms with Crippen LogP contribution in [0.15, 0.2) is 29.9 Å². The van der Waals surface area contributed by atoms with Gasteiger partial charge in [0.2, 0.25) is 0 Å². The number of halogens is 1. The summed E-state index contributed by atoms with van der Waals surface area (Å²) in [5, 5.41) is 12.0. The monoisotopic (exact) mass is 252 g/mol. The molecule has 0 unspecified atom stereocenters. The van der Waals surface area contributed by atoms with Crippen LogP contribution < -0.4 is 5.32 Å². The second-order valence-electron chi connectivity index (χ2n) is 3.31. The van der Waals surface area contributed by atoms with Gasteiger partial charge >= 0.3 is 0 Å². The number of phenols is 1. The third-order valence-electron chi connectivity index (χ3n) is 2.11. The van der Waals surface area contributed by atoms with Crippen LogP contribution in [0, 0.1) is 5.82 Å². The van der Waals surface area contributed by atoms with Crippen molar-refractivity contribution in [1.82, 2.24) is 10.3 Å². The molecule has 1 aromatic carbocycles. The van der Waals surface area contributed by atoms with Crippen molar-refractivity contribution in [3.63, 3.8) is 0 Å². The van der Waals surface area contributed by atoms with Gasteiger partial charge in [0.1, 0.15) is 11.6 Å². The highest BCUT2D eigenvalue weighted by molar-refractivity contribution is 7.09. The van der Waals surface area contributed by atoms with Gasteiger partial charge in [-0.05, 0) is 12.1 Å². The number of carbonyl (C=O) groups is 1. The number of nitrogens with zero attached hydrogens (tertiary/aromatic N) is 1. The molecule has 0 fully saturated rings. The molecule has 0 atom stereocenters. The number of amides is 1. The maximum Gasteiger partial charge on any atom is 0.255 e.